The molecule has 5 heterocycles. The van der Waals surface area contributed by atoms with E-state index in [4.69, 9.17) is 21.3 Å². The summed E-state index contributed by atoms with van der Waals surface area (Å²) in [5.41, 5.74) is 1.18. The predicted octanol–water partition coefficient (Wildman–Crippen LogP) is 5.61. The van der Waals surface area contributed by atoms with Crippen molar-refractivity contribution in [2.75, 3.05) is 23.3 Å². The summed E-state index contributed by atoms with van der Waals surface area (Å²) in [4.78, 5) is 30.3. The molecule has 3 aromatic rings. The second-order valence-corrected chi connectivity index (χ2v) is 10.5. The van der Waals surface area contributed by atoms with Crippen LogP contribution in [0.3, 0.4) is 0 Å². The molecule has 37 heavy (non-hydrogen) atoms. The molecule has 1 N–H and O–H groups in total. The quantitative estimate of drug-likeness (QED) is 0.453. The van der Waals surface area contributed by atoms with E-state index in [1.54, 1.807) is 6.07 Å². The number of amides is 1. The molecule has 3 aliphatic rings. The SMILES string of the molecule is CC(C)(C)OC(=O)N1CC2CC[C@@H]1CN2c1ccc2ncnc(Nc3ccc(OC(F)F)c(Cl)c3)c2n1. The maximum atomic E-state index is 12.7. The molecule has 1 aromatic carbocycles. The fourth-order valence-electron chi connectivity index (χ4n) is 4.74. The molecular formula is C25H27ClF2N6O3. The molecule has 6 rings (SSSR count). The smallest absolute Gasteiger partial charge is 0.410 e. The van der Waals surface area contributed by atoms with Crippen LogP contribution in [0, 0.1) is 0 Å². The highest BCUT2D eigenvalue weighted by atomic mass is 35.5. The topological polar surface area (TPSA) is 92.7 Å². The summed E-state index contributed by atoms with van der Waals surface area (Å²) < 4.78 is 35.1. The number of anilines is 3. The predicted molar refractivity (Wildman–Crippen MR) is 136 cm³/mol. The van der Waals surface area contributed by atoms with Crippen LogP contribution in [0.1, 0.15) is 33.6 Å². The van der Waals surface area contributed by atoms with Gasteiger partial charge in [0.1, 0.15) is 29.0 Å². The molecule has 1 amide bonds. The lowest BCUT2D eigenvalue weighted by molar-refractivity contribution is -0.0497. The van der Waals surface area contributed by atoms with Crippen molar-refractivity contribution >= 4 is 46.1 Å². The van der Waals surface area contributed by atoms with E-state index in [0.717, 1.165) is 18.7 Å². The molecule has 196 valence electrons. The van der Waals surface area contributed by atoms with Gasteiger partial charge in [0, 0.05) is 24.8 Å². The maximum absolute atomic E-state index is 12.7. The third-order valence-corrected chi connectivity index (χ3v) is 6.63. The van der Waals surface area contributed by atoms with Gasteiger partial charge in [-0.15, -0.1) is 0 Å². The number of ether oxygens (including phenoxy) is 2. The van der Waals surface area contributed by atoms with Gasteiger partial charge in [0.25, 0.3) is 0 Å². The van der Waals surface area contributed by atoms with E-state index in [2.05, 4.69) is 24.9 Å². The van der Waals surface area contributed by atoms with Gasteiger partial charge < -0.3 is 24.6 Å². The number of halogens is 3. The summed E-state index contributed by atoms with van der Waals surface area (Å²) in [7, 11) is 0. The van der Waals surface area contributed by atoms with Gasteiger partial charge in [-0.05, 0) is 63.9 Å². The van der Waals surface area contributed by atoms with E-state index < -0.39 is 12.2 Å². The standard InChI is InChI=1S/C25H27ClF2N6O3/c1-25(2,3)37-24(35)34-12-15-5-6-16(34)11-33(15)20-9-7-18-21(32-20)22(30-13-29-18)31-14-4-8-19(17(26)10-14)36-23(27)28/h4,7-10,13,15-16,23H,5-6,11-12H2,1-3H3,(H,29,30,31)/t15?,16-/m1/s1. The van der Waals surface area contributed by atoms with Gasteiger partial charge in [-0.3, -0.25) is 0 Å². The molecule has 12 heteroatoms. The first kappa shape index (κ1) is 25.2. The first-order chi connectivity index (χ1) is 17.6. The van der Waals surface area contributed by atoms with Crippen LogP contribution in [-0.2, 0) is 4.74 Å². The average Bonchev–Trinajstić information content (AvgIpc) is 2.84. The normalized spacial score (nSPS) is 19.4. The molecule has 9 nitrogen and oxygen atoms in total. The van der Waals surface area contributed by atoms with Crippen molar-refractivity contribution in [3.8, 4) is 5.75 Å². The van der Waals surface area contributed by atoms with Crippen molar-refractivity contribution in [1.82, 2.24) is 19.9 Å². The van der Waals surface area contributed by atoms with E-state index >= 15 is 0 Å². The molecule has 0 saturated carbocycles. The van der Waals surface area contributed by atoms with Crippen LogP contribution in [0.5, 0.6) is 5.75 Å². The molecule has 3 saturated heterocycles. The Morgan fingerprint density at radius 2 is 1.92 bits per heavy atom. The Balaban J connectivity index is 1.37. The van der Waals surface area contributed by atoms with Crippen LogP contribution >= 0.6 is 11.6 Å². The lowest BCUT2D eigenvalue weighted by Gasteiger charge is -2.51. The average molecular weight is 533 g/mol. The molecule has 2 atom stereocenters. The number of piperazine rings is 1. The highest BCUT2D eigenvalue weighted by Crippen LogP contribution is 2.35. The Hall–Kier alpha value is -3.47. The molecule has 3 aliphatic heterocycles. The summed E-state index contributed by atoms with van der Waals surface area (Å²) in [6.45, 7) is 3.86. The Morgan fingerprint density at radius 3 is 2.59 bits per heavy atom. The fraction of sp³-hybridized carbons (Fsp3) is 0.440. The molecule has 2 aromatic heterocycles. The number of nitrogens with zero attached hydrogens (tertiary/aromatic N) is 5. The lowest BCUT2D eigenvalue weighted by atomic mass is 9.91. The van der Waals surface area contributed by atoms with Gasteiger partial charge >= 0.3 is 12.7 Å². The van der Waals surface area contributed by atoms with Gasteiger partial charge in [-0.1, -0.05) is 11.6 Å². The largest absolute Gasteiger partial charge is 0.444 e. The summed E-state index contributed by atoms with van der Waals surface area (Å²) in [6, 6.07) is 8.36. The fourth-order valence-corrected chi connectivity index (χ4v) is 4.97. The Bertz CT molecular complexity index is 1320. The van der Waals surface area contributed by atoms with Gasteiger partial charge in [0.2, 0.25) is 0 Å². The third kappa shape index (κ3) is 5.46. The zero-order valence-corrected chi connectivity index (χ0v) is 21.4. The number of carbonyl (C=O) groups is 1. The van der Waals surface area contributed by atoms with Crippen LogP contribution in [0.15, 0.2) is 36.7 Å². The van der Waals surface area contributed by atoms with Crippen molar-refractivity contribution in [2.24, 2.45) is 0 Å². The highest BCUT2D eigenvalue weighted by molar-refractivity contribution is 6.32. The van der Waals surface area contributed by atoms with Crippen molar-refractivity contribution in [2.45, 2.75) is 57.9 Å². The first-order valence-corrected chi connectivity index (χ1v) is 12.3. The van der Waals surface area contributed by atoms with E-state index in [1.807, 2.05) is 37.8 Å². The summed E-state index contributed by atoms with van der Waals surface area (Å²) in [6.07, 6.45) is 3.00. The minimum absolute atomic E-state index is 0.0381. The number of carbonyl (C=O) groups excluding carboxylic acids is 1. The number of alkyl halides is 2. The molecule has 0 radical (unpaired) electrons. The van der Waals surface area contributed by atoms with Gasteiger partial charge in [-0.2, -0.15) is 8.78 Å². The van der Waals surface area contributed by atoms with E-state index in [9.17, 15) is 13.6 Å². The molecule has 1 unspecified atom stereocenters. The Labute approximate surface area is 217 Å². The van der Waals surface area contributed by atoms with Crippen molar-refractivity contribution in [1.29, 1.82) is 0 Å². The number of nitrogens with one attached hydrogen (secondary N) is 1. The number of rotatable bonds is 5. The van der Waals surface area contributed by atoms with Crippen LogP contribution < -0.4 is 15.0 Å². The second kappa shape index (κ2) is 9.77. The minimum Gasteiger partial charge on any atom is -0.444 e. The number of fused-ring (bicyclic) bond motifs is 4. The second-order valence-electron chi connectivity index (χ2n) is 10.1. The van der Waals surface area contributed by atoms with Gasteiger partial charge in [0.05, 0.1) is 16.6 Å². The molecule has 3 fully saturated rings. The van der Waals surface area contributed by atoms with Crippen molar-refractivity contribution in [3.63, 3.8) is 0 Å². The van der Waals surface area contributed by atoms with Crippen LogP contribution in [-0.4, -0.2) is 63.3 Å². The van der Waals surface area contributed by atoms with E-state index in [0.29, 0.717) is 35.6 Å². The summed E-state index contributed by atoms with van der Waals surface area (Å²) in [5, 5.41) is 3.19. The number of pyridine rings is 1. The Morgan fingerprint density at radius 1 is 1.14 bits per heavy atom. The van der Waals surface area contributed by atoms with Gasteiger partial charge in [-0.25, -0.2) is 19.7 Å². The summed E-state index contributed by atoms with van der Waals surface area (Å²) >= 11 is 6.10. The third-order valence-electron chi connectivity index (χ3n) is 6.33. The zero-order valence-electron chi connectivity index (χ0n) is 20.6. The van der Waals surface area contributed by atoms with E-state index in [-0.39, 0.29) is 28.9 Å². The number of piperidine rings is 2. The van der Waals surface area contributed by atoms with Crippen LogP contribution in [0.25, 0.3) is 11.0 Å². The first-order valence-electron chi connectivity index (χ1n) is 12.0. The molecule has 0 aliphatic carbocycles. The zero-order chi connectivity index (χ0) is 26.3. The summed E-state index contributed by atoms with van der Waals surface area (Å²) in [5.74, 6) is 1.10. The maximum Gasteiger partial charge on any atom is 0.410 e. The van der Waals surface area contributed by atoms with Crippen molar-refractivity contribution in [3.05, 3.63) is 41.7 Å². The van der Waals surface area contributed by atoms with Gasteiger partial charge in [0.15, 0.2) is 5.82 Å². The van der Waals surface area contributed by atoms with Crippen LogP contribution in [0.4, 0.5) is 30.9 Å². The molecule has 2 bridgehead atoms. The molecule has 0 spiro atoms. The number of hydrogen-bond acceptors (Lipinski definition) is 8. The lowest BCUT2D eigenvalue weighted by Crippen LogP contribution is -2.64. The van der Waals surface area contributed by atoms with E-state index in [1.165, 1.54) is 18.5 Å². The number of hydrogen-bond donors (Lipinski definition) is 1. The Kier molecular flexibility index (Phi) is 6.65. The molecular weight excluding hydrogens is 506 g/mol. The highest BCUT2D eigenvalue weighted by Gasteiger charge is 2.43. The monoisotopic (exact) mass is 532 g/mol. The van der Waals surface area contributed by atoms with Crippen LogP contribution in [0.2, 0.25) is 5.02 Å². The van der Waals surface area contributed by atoms with Crippen molar-refractivity contribution < 1.29 is 23.0 Å². The number of aromatic nitrogens is 3. The number of benzene rings is 1. The minimum atomic E-state index is -2.97.